The number of hydrogen-bond donors (Lipinski definition) is 1. The average molecular weight is 306 g/mol. The Kier molecular flexibility index (Phi) is 5.95. The highest BCUT2D eigenvalue weighted by atomic mass is 19.4. The van der Waals surface area contributed by atoms with Crippen molar-refractivity contribution in [2.75, 3.05) is 13.1 Å². The third kappa shape index (κ3) is 4.13. The van der Waals surface area contributed by atoms with Gasteiger partial charge in [-0.2, -0.15) is 13.2 Å². The van der Waals surface area contributed by atoms with Crippen LogP contribution < -0.4 is 5.73 Å². The van der Waals surface area contributed by atoms with Crippen LogP contribution in [0.15, 0.2) is 0 Å². The molecule has 124 valence electrons. The van der Waals surface area contributed by atoms with Gasteiger partial charge in [0.05, 0.1) is 5.92 Å². The summed E-state index contributed by atoms with van der Waals surface area (Å²) < 4.78 is 39.1. The molecule has 2 aliphatic carbocycles. The van der Waals surface area contributed by atoms with Crippen LogP contribution >= 0.6 is 0 Å². The van der Waals surface area contributed by atoms with Gasteiger partial charge in [0.25, 0.3) is 0 Å². The maximum atomic E-state index is 13.0. The maximum Gasteiger partial charge on any atom is 0.391 e. The minimum Gasteiger partial charge on any atom is -0.330 e. The minimum atomic E-state index is -4.03. The number of alkyl halides is 3. The van der Waals surface area contributed by atoms with E-state index >= 15 is 0 Å². The number of hydrogen-bond acceptors (Lipinski definition) is 2. The van der Waals surface area contributed by atoms with Gasteiger partial charge in [0.1, 0.15) is 0 Å². The van der Waals surface area contributed by atoms with Crippen LogP contribution in [0.1, 0.15) is 58.3 Å². The van der Waals surface area contributed by atoms with Gasteiger partial charge in [0.15, 0.2) is 0 Å². The first kappa shape index (κ1) is 17.1. The molecule has 2 nitrogen and oxygen atoms in total. The molecular weight excluding hydrogens is 277 g/mol. The number of nitrogens with two attached hydrogens (primary N) is 1. The summed E-state index contributed by atoms with van der Waals surface area (Å²) in [6.45, 7) is 3.59. The Morgan fingerprint density at radius 3 is 2.38 bits per heavy atom. The Balaban J connectivity index is 2.05. The Labute approximate surface area is 126 Å². The summed E-state index contributed by atoms with van der Waals surface area (Å²) in [5, 5.41) is 0. The van der Waals surface area contributed by atoms with E-state index in [1.54, 1.807) is 0 Å². The first-order valence-electron chi connectivity index (χ1n) is 8.49. The van der Waals surface area contributed by atoms with Crippen molar-refractivity contribution >= 4 is 0 Å². The van der Waals surface area contributed by atoms with Crippen LogP contribution in [-0.2, 0) is 0 Å². The van der Waals surface area contributed by atoms with Crippen LogP contribution in [0.4, 0.5) is 13.2 Å². The zero-order chi connectivity index (χ0) is 15.5. The van der Waals surface area contributed by atoms with Crippen molar-refractivity contribution in [1.29, 1.82) is 0 Å². The van der Waals surface area contributed by atoms with Gasteiger partial charge in [-0.15, -0.1) is 0 Å². The molecule has 2 fully saturated rings. The van der Waals surface area contributed by atoms with Crippen molar-refractivity contribution in [2.45, 2.75) is 76.6 Å². The number of nitrogens with zero attached hydrogens (tertiary/aromatic N) is 1. The van der Waals surface area contributed by atoms with E-state index in [-0.39, 0.29) is 12.5 Å². The van der Waals surface area contributed by atoms with E-state index in [0.717, 1.165) is 25.8 Å². The maximum absolute atomic E-state index is 13.0. The van der Waals surface area contributed by atoms with E-state index in [0.29, 0.717) is 31.3 Å². The fourth-order valence-electron chi connectivity index (χ4n) is 4.43. The van der Waals surface area contributed by atoms with Gasteiger partial charge < -0.3 is 5.73 Å². The Morgan fingerprint density at radius 1 is 1.05 bits per heavy atom. The van der Waals surface area contributed by atoms with Crippen molar-refractivity contribution in [3.63, 3.8) is 0 Å². The second-order valence-corrected chi connectivity index (χ2v) is 6.74. The molecule has 2 rings (SSSR count). The molecule has 0 amide bonds. The summed E-state index contributed by atoms with van der Waals surface area (Å²) in [5.74, 6) is -0.643. The predicted molar refractivity (Wildman–Crippen MR) is 79.0 cm³/mol. The monoisotopic (exact) mass is 306 g/mol. The quantitative estimate of drug-likeness (QED) is 0.852. The molecule has 0 aromatic rings. The zero-order valence-electron chi connectivity index (χ0n) is 13.0. The molecule has 0 bridgehead atoms. The van der Waals surface area contributed by atoms with E-state index in [9.17, 15) is 13.2 Å². The SMILES string of the molecule is CCN(C1CCCC(C(F)(F)F)C1)C1CCCCC1CN. The lowest BCUT2D eigenvalue weighted by Crippen LogP contribution is -2.51. The van der Waals surface area contributed by atoms with Gasteiger partial charge in [-0.1, -0.05) is 26.2 Å². The van der Waals surface area contributed by atoms with E-state index in [1.165, 1.54) is 12.8 Å². The van der Waals surface area contributed by atoms with Gasteiger partial charge in [-0.3, -0.25) is 4.90 Å². The number of rotatable bonds is 4. The molecule has 0 spiro atoms. The third-order valence-electron chi connectivity index (χ3n) is 5.54. The van der Waals surface area contributed by atoms with Crippen molar-refractivity contribution < 1.29 is 13.2 Å². The molecule has 5 heteroatoms. The molecule has 0 saturated heterocycles. The van der Waals surface area contributed by atoms with E-state index in [1.807, 2.05) is 0 Å². The highest BCUT2D eigenvalue weighted by Gasteiger charge is 2.44. The minimum absolute atomic E-state index is 0.0903. The molecule has 4 atom stereocenters. The van der Waals surface area contributed by atoms with E-state index in [4.69, 9.17) is 5.73 Å². The van der Waals surface area contributed by atoms with Gasteiger partial charge in [-0.25, -0.2) is 0 Å². The third-order valence-corrected chi connectivity index (χ3v) is 5.54. The first-order valence-corrected chi connectivity index (χ1v) is 8.49. The van der Waals surface area contributed by atoms with Gasteiger partial charge in [0.2, 0.25) is 0 Å². The predicted octanol–water partition coefficient (Wildman–Crippen LogP) is 3.95. The molecule has 2 saturated carbocycles. The average Bonchev–Trinajstić information content (AvgIpc) is 2.48. The highest BCUT2D eigenvalue weighted by molar-refractivity contribution is 4.90. The van der Waals surface area contributed by atoms with Crippen LogP contribution in [0.3, 0.4) is 0 Å². The molecule has 2 aliphatic rings. The summed E-state index contributed by atoms with van der Waals surface area (Å²) in [6, 6.07) is 0.484. The first-order chi connectivity index (χ1) is 9.97. The van der Waals surface area contributed by atoms with Crippen molar-refractivity contribution in [3.8, 4) is 0 Å². The Morgan fingerprint density at radius 2 is 1.76 bits per heavy atom. The van der Waals surface area contributed by atoms with Crippen molar-refractivity contribution in [3.05, 3.63) is 0 Å². The lowest BCUT2D eigenvalue weighted by Gasteiger charge is -2.46. The van der Waals surface area contributed by atoms with Gasteiger partial charge in [0, 0.05) is 12.1 Å². The summed E-state index contributed by atoms with van der Waals surface area (Å²) in [6.07, 6.45) is 2.81. The molecular formula is C16H29F3N2. The summed E-state index contributed by atoms with van der Waals surface area (Å²) >= 11 is 0. The molecule has 2 N–H and O–H groups in total. The second kappa shape index (κ2) is 7.32. The molecule has 0 aromatic carbocycles. The van der Waals surface area contributed by atoms with Crippen LogP contribution in [-0.4, -0.2) is 36.2 Å². The molecule has 0 aliphatic heterocycles. The summed E-state index contributed by atoms with van der Waals surface area (Å²) in [4.78, 5) is 2.36. The molecule has 4 unspecified atom stereocenters. The Hall–Kier alpha value is -0.290. The summed E-state index contributed by atoms with van der Waals surface area (Å²) in [7, 11) is 0. The fraction of sp³-hybridized carbons (Fsp3) is 1.00. The van der Waals surface area contributed by atoms with E-state index < -0.39 is 12.1 Å². The van der Waals surface area contributed by atoms with E-state index in [2.05, 4.69) is 11.8 Å². The number of halogens is 3. The van der Waals surface area contributed by atoms with Crippen molar-refractivity contribution in [1.82, 2.24) is 4.90 Å². The highest BCUT2D eigenvalue weighted by Crippen LogP contribution is 2.40. The second-order valence-electron chi connectivity index (χ2n) is 6.74. The fourth-order valence-corrected chi connectivity index (χ4v) is 4.43. The van der Waals surface area contributed by atoms with Gasteiger partial charge in [-0.05, 0) is 51.1 Å². The van der Waals surface area contributed by atoms with Crippen LogP contribution in [0.25, 0.3) is 0 Å². The molecule has 21 heavy (non-hydrogen) atoms. The normalized spacial score (nSPS) is 35.1. The lowest BCUT2D eigenvalue weighted by atomic mass is 9.79. The molecule has 0 heterocycles. The molecule has 0 aromatic heterocycles. The van der Waals surface area contributed by atoms with Gasteiger partial charge >= 0.3 is 6.18 Å². The standard InChI is InChI=1S/C16H29F3N2/c1-2-21(15-9-4-3-6-12(15)11-20)14-8-5-7-13(10-14)16(17,18)19/h12-15H,2-11,20H2,1H3. The topological polar surface area (TPSA) is 29.3 Å². The van der Waals surface area contributed by atoms with Crippen LogP contribution in [0.2, 0.25) is 0 Å². The molecule has 0 radical (unpaired) electrons. The summed E-state index contributed by atoms with van der Waals surface area (Å²) in [5.41, 5.74) is 5.91. The zero-order valence-corrected chi connectivity index (χ0v) is 13.0. The lowest BCUT2D eigenvalue weighted by molar-refractivity contribution is -0.188. The van der Waals surface area contributed by atoms with Crippen LogP contribution in [0, 0.1) is 11.8 Å². The largest absolute Gasteiger partial charge is 0.391 e. The van der Waals surface area contributed by atoms with Crippen LogP contribution in [0.5, 0.6) is 0 Å². The smallest absolute Gasteiger partial charge is 0.330 e. The Bertz CT molecular complexity index is 319. The van der Waals surface area contributed by atoms with Crippen molar-refractivity contribution in [2.24, 2.45) is 17.6 Å².